The van der Waals surface area contributed by atoms with Gasteiger partial charge in [0.15, 0.2) is 17.5 Å². The van der Waals surface area contributed by atoms with Gasteiger partial charge in [-0.15, -0.1) is 0 Å². The van der Waals surface area contributed by atoms with Gasteiger partial charge in [0.25, 0.3) is 0 Å². The van der Waals surface area contributed by atoms with Crippen molar-refractivity contribution in [2.75, 3.05) is 13.1 Å². The molecular weight excluding hydrogens is 195 g/mol. The van der Waals surface area contributed by atoms with Crippen LogP contribution in [0.4, 0.5) is 13.2 Å². The molecule has 1 saturated heterocycles. The van der Waals surface area contributed by atoms with E-state index >= 15 is 0 Å². The zero-order chi connectivity index (χ0) is 10.3. The Morgan fingerprint density at radius 3 is 2.00 bits per heavy atom. The van der Waals surface area contributed by atoms with E-state index in [1.54, 1.807) is 0 Å². The maximum absolute atomic E-state index is 12.8. The molecule has 1 heterocycles. The molecule has 5 heteroatoms. The van der Waals surface area contributed by atoms with Crippen molar-refractivity contribution >= 4 is 0 Å². The minimum Gasteiger partial charge on any atom is -0.382 e. The molecule has 1 aliphatic heterocycles. The summed E-state index contributed by atoms with van der Waals surface area (Å²) in [4.78, 5) is 0. The summed E-state index contributed by atoms with van der Waals surface area (Å²) in [6.45, 7) is 0.440. The van der Waals surface area contributed by atoms with Gasteiger partial charge in [-0.05, 0) is 17.7 Å². The lowest BCUT2D eigenvalue weighted by Gasteiger charge is -2.38. The molecule has 0 amide bonds. The van der Waals surface area contributed by atoms with E-state index in [9.17, 15) is 18.3 Å². The number of nitrogens with one attached hydrogen (secondary N) is 1. The third kappa shape index (κ3) is 1.29. The van der Waals surface area contributed by atoms with E-state index in [1.807, 2.05) is 0 Å². The number of hydrogen-bond donors (Lipinski definition) is 2. The molecule has 0 spiro atoms. The third-order valence-electron chi connectivity index (χ3n) is 2.36. The minimum atomic E-state index is -1.51. The van der Waals surface area contributed by atoms with Crippen molar-refractivity contribution in [2.45, 2.75) is 5.60 Å². The second kappa shape index (κ2) is 2.96. The molecule has 0 bridgehead atoms. The van der Waals surface area contributed by atoms with Gasteiger partial charge in [0.05, 0.1) is 0 Å². The summed E-state index contributed by atoms with van der Waals surface area (Å²) in [5, 5.41) is 12.5. The Bertz CT molecular complexity index is 353. The highest BCUT2D eigenvalue weighted by molar-refractivity contribution is 5.28. The van der Waals surface area contributed by atoms with Gasteiger partial charge in [-0.25, -0.2) is 13.2 Å². The normalized spacial score (nSPS) is 19.1. The largest absolute Gasteiger partial charge is 0.382 e. The van der Waals surface area contributed by atoms with Crippen molar-refractivity contribution in [2.24, 2.45) is 0 Å². The lowest BCUT2D eigenvalue weighted by Crippen LogP contribution is -2.56. The van der Waals surface area contributed by atoms with Crippen LogP contribution in [0.1, 0.15) is 5.56 Å². The van der Waals surface area contributed by atoms with E-state index in [1.165, 1.54) is 0 Å². The summed E-state index contributed by atoms with van der Waals surface area (Å²) in [5.41, 5.74) is -1.21. The van der Waals surface area contributed by atoms with Crippen LogP contribution in [0.25, 0.3) is 0 Å². The molecule has 1 fully saturated rings. The Hall–Kier alpha value is -1.07. The van der Waals surface area contributed by atoms with Gasteiger partial charge in [-0.1, -0.05) is 0 Å². The lowest BCUT2D eigenvalue weighted by atomic mass is 9.88. The van der Waals surface area contributed by atoms with Crippen LogP contribution in [-0.2, 0) is 5.60 Å². The zero-order valence-corrected chi connectivity index (χ0v) is 7.15. The standard InChI is InChI=1S/C9H8F3NO/c10-6-1-5(2-7(11)8(6)12)9(14)3-13-4-9/h1-2,13-14H,3-4H2. The first-order valence-electron chi connectivity index (χ1n) is 4.11. The van der Waals surface area contributed by atoms with E-state index in [-0.39, 0.29) is 18.7 Å². The summed E-state index contributed by atoms with van der Waals surface area (Å²) in [7, 11) is 0. The molecule has 0 atom stereocenters. The van der Waals surface area contributed by atoms with E-state index in [4.69, 9.17) is 0 Å². The molecular formula is C9H8F3NO. The van der Waals surface area contributed by atoms with Crippen LogP contribution in [0.2, 0.25) is 0 Å². The average Bonchev–Trinajstić information content (AvgIpc) is 2.09. The predicted molar refractivity (Wildman–Crippen MR) is 43.1 cm³/mol. The molecule has 0 unspecified atom stereocenters. The molecule has 1 aromatic rings. The van der Waals surface area contributed by atoms with Gasteiger partial charge in [0.1, 0.15) is 5.60 Å². The minimum absolute atomic E-state index is 0.0626. The molecule has 1 aliphatic rings. The van der Waals surface area contributed by atoms with Gasteiger partial charge in [0, 0.05) is 13.1 Å². The topological polar surface area (TPSA) is 32.3 Å². The molecule has 2 rings (SSSR count). The summed E-state index contributed by atoms with van der Waals surface area (Å²) in [5.74, 6) is -4.06. The van der Waals surface area contributed by atoms with Crippen molar-refractivity contribution in [1.82, 2.24) is 5.32 Å². The fourth-order valence-electron chi connectivity index (χ4n) is 1.39. The number of aliphatic hydroxyl groups is 1. The summed E-state index contributed by atoms with van der Waals surface area (Å²) in [6, 6.07) is 1.64. The summed E-state index contributed by atoms with van der Waals surface area (Å²) in [6.07, 6.45) is 0. The van der Waals surface area contributed by atoms with Crippen LogP contribution >= 0.6 is 0 Å². The number of halogens is 3. The smallest absolute Gasteiger partial charge is 0.194 e. The molecule has 0 saturated carbocycles. The quantitative estimate of drug-likeness (QED) is 0.664. The molecule has 2 nitrogen and oxygen atoms in total. The highest BCUT2D eigenvalue weighted by atomic mass is 19.2. The van der Waals surface area contributed by atoms with Crippen LogP contribution in [-0.4, -0.2) is 18.2 Å². The molecule has 76 valence electrons. The van der Waals surface area contributed by atoms with Crippen molar-refractivity contribution in [3.8, 4) is 0 Å². The highest BCUT2D eigenvalue weighted by Gasteiger charge is 2.37. The van der Waals surface area contributed by atoms with Crippen LogP contribution in [0.3, 0.4) is 0 Å². The predicted octanol–water partition coefficient (Wildman–Crippen LogP) is 0.895. The van der Waals surface area contributed by atoms with Crippen molar-refractivity contribution in [1.29, 1.82) is 0 Å². The first-order chi connectivity index (χ1) is 6.53. The number of β-amino-alcohol motifs (C(OH)–C–C–N with tert-alkyl or cyclic N) is 1. The van der Waals surface area contributed by atoms with Gasteiger partial charge in [0.2, 0.25) is 0 Å². The monoisotopic (exact) mass is 203 g/mol. The van der Waals surface area contributed by atoms with Crippen LogP contribution < -0.4 is 5.32 Å². The fraction of sp³-hybridized carbons (Fsp3) is 0.333. The molecule has 0 radical (unpaired) electrons. The van der Waals surface area contributed by atoms with E-state index in [0.29, 0.717) is 0 Å². The Morgan fingerprint density at radius 1 is 1.14 bits per heavy atom. The Balaban J connectivity index is 2.45. The molecule has 14 heavy (non-hydrogen) atoms. The molecule has 0 aliphatic carbocycles. The van der Waals surface area contributed by atoms with E-state index in [2.05, 4.69) is 5.32 Å². The molecule has 0 aromatic heterocycles. The first kappa shape index (κ1) is 9.48. The van der Waals surface area contributed by atoms with Gasteiger partial charge >= 0.3 is 0 Å². The zero-order valence-electron chi connectivity index (χ0n) is 7.15. The van der Waals surface area contributed by atoms with Crippen LogP contribution in [0.5, 0.6) is 0 Å². The van der Waals surface area contributed by atoms with Gasteiger partial charge in [-0.3, -0.25) is 0 Å². The lowest BCUT2D eigenvalue weighted by molar-refractivity contribution is -0.0152. The van der Waals surface area contributed by atoms with Crippen LogP contribution in [0, 0.1) is 17.5 Å². The van der Waals surface area contributed by atoms with Gasteiger partial charge < -0.3 is 10.4 Å². The maximum atomic E-state index is 12.8. The Morgan fingerprint density at radius 2 is 1.64 bits per heavy atom. The first-order valence-corrected chi connectivity index (χ1v) is 4.11. The fourth-order valence-corrected chi connectivity index (χ4v) is 1.39. The molecule has 1 aromatic carbocycles. The maximum Gasteiger partial charge on any atom is 0.194 e. The number of rotatable bonds is 1. The van der Waals surface area contributed by atoms with Crippen molar-refractivity contribution < 1.29 is 18.3 Å². The number of hydrogen-bond acceptors (Lipinski definition) is 2. The third-order valence-corrected chi connectivity index (χ3v) is 2.36. The van der Waals surface area contributed by atoms with E-state index < -0.39 is 23.1 Å². The van der Waals surface area contributed by atoms with Crippen molar-refractivity contribution in [3.05, 3.63) is 35.1 Å². The number of benzene rings is 1. The molecule has 2 N–H and O–H groups in total. The SMILES string of the molecule is OC1(c2cc(F)c(F)c(F)c2)CNC1. The van der Waals surface area contributed by atoms with Crippen molar-refractivity contribution in [3.63, 3.8) is 0 Å². The Labute approximate surface area is 78.4 Å². The second-order valence-electron chi connectivity index (χ2n) is 3.39. The second-order valence-corrected chi connectivity index (χ2v) is 3.39. The summed E-state index contributed by atoms with van der Waals surface area (Å²) < 4.78 is 38.1. The van der Waals surface area contributed by atoms with E-state index in [0.717, 1.165) is 12.1 Å². The Kier molecular flexibility index (Phi) is 2.01. The van der Waals surface area contributed by atoms with Crippen LogP contribution in [0.15, 0.2) is 12.1 Å². The summed E-state index contributed by atoms with van der Waals surface area (Å²) >= 11 is 0. The van der Waals surface area contributed by atoms with Gasteiger partial charge in [-0.2, -0.15) is 0 Å². The highest BCUT2D eigenvalue weighted by Crippen LogP contribution is 2.27. The average molecular weight is 203 g/mol.